The highest BCUT2D eigenvalue weighted by atomic mass is 19.1. The van der Waals surface area contributed by atoms with Crippen molar-refractivity contribution in [2.24, 2.45) is 0 Å². The van der Waals surface area contributed by atoms with Crippen LogP contribution in [0.1, 0.15) is 5.56 Å². The fourth-order valence-corrected chi connectivity index (χ4v) is 2.31. The van der Waals surface area contributed by atoms with Gasteiger partial charge in [0, 0.05) is 5.56 Å². The van der Waals surface area contributed by atoms with Crippen LogP contribution in [0.5, 0.6) is 5.75 Å². The Labute approximate surface area is 127 Å². The molecule has 0 saturated heterocycles. The van der Waals surface area contributed by atoms with Crippen LogP contribution in [0.4, 0.5) is 10.2 Å². The van der Waals surface area contributed by atoms with Crippen LogP contribution >= 0.6 is 0 Å². The summed E-state index contributed by atoms with van der Waals surface area (Å²) in [7, 11) is 1.61. The van der Waals surface area contributed by atoms with E-state index in [-0.39, 0.29) is 5.69 Å². The van der Waals surface area contributed by atoms with Crippen LogP contribution in [-0.2, 0) is 0 Å². The van der Waals surface area contributed by atoms with Crippen molar-refractivity contribution in [1.29, 1.82) is 0 Å². The first-order valence-electron chi connectivity index (χ1n) is 6.73. The smallest absolute Gasteiger partial charge is 0.156 e. The summed E-state index contributed by atoms with van der Waals surface area (Å²) in [5, 5.41) is 8.08. The second-order valence-electron chi connectivity index (χ2n) is 4.87. The highest BCUT2D eigenvalue weighted by Gasteiger charge is 2.16. The maximum atomic E-state index is 13.9. The van der Waals surface area contributed by atoms with Gasteiger partial charge in [-0.05, 0) is 42.8 Å². The highest BCUT2D eigenvalue weighted by molar-refractivity contribution is 5.74. The fraction of sp³-hybridized carbons (Fsp3) is 0.125. The van der Waals surface area contributed by atoms with Crippen LogP contribution in [0.2, 0.25) is 0 Å². The number of nitrogens with two attached hydrogens (primary N) is 1. The molecule has 112 valence electrons. The number of hydrogen-bond donors (Lipinski definition) is 1. The lowest BCUT2D eigenvalue weighted by Gasteiger charge is -2.07. The lowest BCUT2D eigenvalue weighted by Crippen LogP contribution is -2.04. The van der Waals surface area contributed by atoms with Crippen molar-refractivity contribution in [2.75, 3.05) is 12.8 Å². The quantitative estimate of drug-likeness (QED) is 0.807. The van der Waals surface area contributed by atoms with E-state index in [1.54, 1.807) is 25.3 Å². The molecule has 5 nitrogen and oxygen atoms in total. The molecule has 1 heterocycles. The molecule has 1 aromatic heterocycles. The molecule has 0 spiro atoms. The summed E-state index contributed by atoms with van der Waals surface area (Å²) in [5.74, 6) is 0.636. The minimum Gasteiger partial charge on any atom is -0.497 e. The van der Waals surface area contributed by atoms with Gasteiger partial charge in [0.2, 0.25) is 0 Å². The minimum absolute atomic E-state index is 0.268. The summed E-state index contributed by atoms with van der Waals surface area (Å²) in [6.07, 6.45) is 0. The lowest BCUT2D eigenvalue weighted by molar-refractivity contribution is 0.414. The Morgan fingerprint density at radius 2 is 1.95 bits per heavy atom. The van der Waals surface area contributed by atoms with Crippen LogP contribution < -0.4 is 10.5 Å². The SMILES string of the molecule is COc1ccc(-c2nnn(-c3ccccc3F)c2N)c(C)c1. The first-order chi connectivity index (χ1) is 10.6. The van der Waals surface area contributed by atoms with Crippen molar-refractivity contribution in [2.45, 2.75) is 6.92 Å². The molecule has 22 heavy (non-hydrogen) atoms. The molecule has 0 aliphatic heterocycles. The Morgan fingerprint density at radius 1 is 1.18 bits per heavy atom. The molecule has 0 bridgehead atoms. The highest BCUT2D eigenvalue weighted by Crippen LogP contribution is 2.30. The summed E-state index contributed by atoms with van der Waals surface area (Å²) >= 11 is 0. The topological polar surface area (TPSA) is 66.0 Å². The van der Waals surface area contributed by atoms with E-state index in [1.165, 1.54) is 10.7 Å². The summed E-state index contributed by atoms with van der Waals surface area (Å²) in [4.78, 5) is 0. The van der Waals surface area contributed by atoms with Gasteiger partial charge in [0.1, 0.15) is 22.9 Å². The molecular formula is C16H15FN4O. The molecular weight excluding hydrogens is 283 g/mol. The normalized spacial score (nSPS) is 10.7. The van der Waals surface area contributed by atoms with Crippen molar-refractivity contribution in [3.05, 3.63) is 53.8 Å². The standard InChI is InChI=1S/C16H15FN4O/c1-10-9-11(22-2)7-8-12(10)15-16(18)21(20-19-15)14-6-4-3-5-13(14)17/h3-9H,18H2,1-2H3. The van der Waals surface area contributed by atoms with Gasteiger partial charge in [-0.1, -0.05) is 17.3 Å². The van der Waals surface area contributed by atoms with Crippen molar-refractivity contribution < 1.29 is 9.13 Å². The van der Waals surface area contributed by atoms with E-state index in [9.17, 15) is 4.39 Å². The van der Waals surface area contributed by atoms with Crippen LogP contribution in [0.15, 0.2) is 42.5 Å². The van der Waals surface area contributed by atoms with Gasteiger partial charge in [-0.3, -0.25) is 0 Å². The third-order valence-corrected chi connectivity index (χ3v) is 3.47. The van der Waals surface area contributed by atoms with Gasteiger partial charge in [0.05, 0.1) is 7.11 Å². The van der Waals surface area contributed by atoms with Gasteiger partial charge in [-0.15, -0.1) is 5.10 Å². The zero-order valence-corrected chi connectivity index (χ0v) is 12.2. The number of nitrogens with zero attached hydrogens (tertiary/aromatic N) is 3. The number of hydrogen-bond acceptors (Lipinski definition) is 4. The number of halogens is 1. The predicted octanol–water partition coefficient (Wildman–Crippen LogP) is 2.97. The molecule has 0 unspecified atom stereocenters. The number of methoxy groups -OCH3 is 1. The van der Waals surface area contributed by atoms with Gasteiger partial charge in [-0.25, -0.2) is 4.39 Å². The fourth-order valence-electron chi connectivity index (χ4n) is 2.31. The van der Waals surface area contributed by atoms with Crippen molar-refractivity contribution in [3.8, 4) is 22.7 Å². The van der Waals surface area contributed by atoms with E-state index in [4.69, 9.17) is 10.5 Å². The molecule has 0 radical (unpaired) electrons. The summed E-state index contributed by atoms with van der Waals surface area (Å²) in [6.45, 7) is 1.93. The van der Waals surface area contributed by atoms with Crippen LogP contribution in [0.25, 0.3) is 16.9 Å². The largest absolute Gasteiger partial charge is 0.497 e. The average molecular weight is 298 g/mol. The minimum atomic E-state index is -0.405. The van der Waals surface area contributed by atoms with Gasteiger partial charge < -0.3 is 10.5 Å². The number of rotatable bonds is 3. The van der Waals surface area contributed by atoms with Crippen LogP contribution in [0.3, 0.4) is 0 Å². The number of ether oxygens (including phenoxy) is 1. The Kier molecular flexibility index (Phi) is 3.50. The van der Waals surface area contributed by atoms with Crippen molar-refractivity contribution in [1.82, 2.24) is 15.0 Å². The zero-order valence-electron chi connectivity index (χ0n) is 12.2. The van der Waals surface area contributed by atoms with E-state index >= 15 is 0 Å². The first-order valence-corrected chi connectivity index (χ1v) is 6.73. The molecule has 2 N–H and O–H groups in total. The van der Waals surface area contributed by atoms with Crippen LogP contribution in [0, 0.1) is 12.7 Å². The number of anilines is 1. The molecule has 3 rings (SSSR count). The lowest BCUT2D eigenvalue weighted by atomic mass is 10.1. The van der Waals surface area contributed by atoms with E-state index < -0.39 is 5.82 Å². The molecule has 6 heteroatoms. The third-order valence-electron chi connectivity index (χ3n) is 3.47. The Morgan fingerprint density at radius 3 is 2.64 bits per heavy atom. The van der Waals surface area contributed by atoms with E-state index in [0.29, 0.717) is 11.5 Å². The third kappa shape index (κ3) is 2.28. The maximum absolute atomic E-state index is 13.9. The Balaban J connectivity index is 2.10. The molecule has 0 amide bonds. The van der Waals surface area contributed by atoms with Gasteiger partial charge in [-0.2, -0.15) is 4.68 Å². The van der Waals surface area contributed by atoms with Gasteiger partial charge in [0.25, 0.3) is 0 Å². The monoisotopic (exact) mass is 298 g/mol. The number of aromatic nitrogens is 3. The average Bonchev–Trinajstić information content (AvgIpc) is 2.89. The van der Waals surface area contributed by atoms with Gasteiger partial charge >= 0.3 is 0 Å². The Bertz CT molecular complexity index is 829. The second-order valence-corrected chi connectivity index (χ2v) is 4.87. The molecule has 0 aliphatic rings. The van der Waals surface area contributed by atoms with Crippen molar-refractivity contribution in [3.63, 3.8) is 0 Å². The van der Waals surface area contributed by atoms with Gasteiger partial charge in [0.15, 0.2) is 5.82 Å². The number of para-hydroxylation sites is 1. The molecule has 0 fully saturated rings. The maximum Gasteiger partial charge on any atom is 0.156 e. The first kappa shape index (κ1) is 14.1. The zero-order chi connectivity index (χ0) is 15.7. The second kappa shape index (κ2) is 5.48. The van der Waals surface area contributed by atoms with Crippen molar-refractivity contribution >= 4 is 5.82 Å². The summed E-state index contributed by atoms with van der Waals surface area (Å²) < 4.78 is 20.4. The van der Waals surface area contributed by atoms with E-state index in [0.717, 1.165) is 16.9 Å². The molecule has 2 aromatic carbocycles. The number of aryl methyl sites for hydroxylation is 1. The molecule has 0 atom stereocenters. The van der Waals surface area contributed by atoms with E-state index in [1.807, 2.05) is 25.1 Å². The summed E-state index contributed by atoms with van der Waals surface area (Å²) in [5.41, 5.74) is 8.69. The molecule has 3 aromatic rings. The number of nitrogen functional groups attached to an aromatic ring is 1. The number of benzene rings is 2. The predicted molar refractivity (Wildman–Crippen MR) is 82.5 cm³/mol. The molecule has 0 aliphatic carbocycles. The molecule has 0 saturated carbocycles. The Hall–Kier alpha value is -2.89. The summed E-state index contributed by atoms with van der Waals surface area (Å²) in [6, 6.07) is 11.9. The van der Waals surface area contributed by atoms with Crippen LogP contribution in [-0.4, -0.2) is 22.1 Å². The van der Waals surface area contributed by atoms with E-state index in [2.05, 4.69) is 10.3 Å².